The Morgan fingerprint density at radius 1 is 1.41 bits per heavy atom. The topological polar surface area (TPSA) is 57.4 Å². The molecule has 2 heterocycles. The van der Waals surface area contributed by atoms with Crippen molar-refractivity contribution in [2.45, 2.75) is 31.6 Å². The first-order chi connectivity index (χ1) is 10.6. The lowest BCUT2D eigenvalue weighted by atomic mass is 10.1. The fourth-order valence-electron chi connectivity index (χ4n) is 2.60. The first-order valence-corrected chi connectivity index (χ1v) is 7.63. The number of nitrogens with one attached hydrogen (secondary N) is 1. The Morgan fingerprint density at radius 3 is 2.82 bits per heavy atom. The van der Waals surface area contributed by atoms with Crippen LogP contribution in [0.3, 0.4) is 0 Å². The van der Waals surface area contributed by atoms with E-state index in [1.54, 1.807) is 0 Å². The maximum atomic E-state index is 14.5. The smallest absolute Gasteiger partial charge is 0.199 e. The van der Waals surface area contributed by atoms with Crippen molar-refractivity contribution < 1.29 is 4.39 Å². The molecule has 0 radical (unpaired) electrons. The van der Waals surface area contributed by atoms with E-state index in [1.807, 2.05) is 42.2 Å². The van der Waals surface area contributed by atoms with Crippen LogP contribution in [0.4, 0.5) is 10.2 Å². The lowest BCUT2D eigenvalue weighted by Crippen LogP contribution is -2.33. The van der Waals surface area contributed by atoms with Crippen LogP contribution in [0, 0.1) is 5.82 Å². The van der Waals surface area contributed by atoms with Crippen LogP contribution in [0.15, 0.2) is 35.3 Å². The standard InChI is InChI=1S/C16H18ClFN4/c1-10(19)7-13-14(18)12-8-20-16(17)22(15(12)21-13)9-11-5-3-2-4-6-11/h2-6,8,10,16,21H,7,9,19H2,1H3/t10-,16?/m0/s1. The van der Waals surface area contributed by atoms with E-state index in [4.69, 9.17) is 17.3 Å². The zero-order valence-corrected chi connectivity index (χ0v) is 13.0. The molecule has 3 N–H and O–H groups in total. The second kappa shape index (κ2) is 6.10. The minimum absolute atomic E-state index is 0.124. The lowest BCUT2D eigenvalue weighted by Gasteiger charge is -2.29. The minimum atomic E-state index is -0.561. The van der Waals surface area contributed by atoms with Gasteiger partial charge in [-0.3, -0.25) is 4.99 Å². The van der Waals surface area contributed by atoms with Crippen molar-refractivity contribution in [1.29, 1.82) is 0 Å². The highest BCUT2D eigenvalue weighted by Gasteiger charge is 2.28. The maximum absolute atomic E-state index is 14.5. The molecule has 0 saturated heterocycles. The van der Waals surface area contributed by atoms with E-state index in [0.29, 0.717) is 30.0 Å². The van der Waals surface area contributed by atoms with Crippen molar-refractivity contribution in [2.24, 2.45) is 10.7 Å². The van der Waals surface area contributed by atoms with Gasteiger partial charge in [-0.15, -0.1) is 0 Å². The zero-order valence-electron chi connectivity index (χ0n) is 12.3. The van der Waals surface area contributed by atoms with Crippen molar-refractivity contribution in [1.82, 2.24) is 4.98 Å². The summed E-state index contributed by atoms with van der Waals surface area (Å²) in [7, 11) is 0. The van der Waals surface area contributed by atoms with E-state index in [1.165, 1.54) is 6.21 Å². The third kappa shape index (κ3) is 2.87. The third-order valence-electron chi connectivity index (χ3n) is 3.62. The molecule has 0 spiro atoms. The monoisotopic (exact) mass is 320 g/mol. The van der Waals surface area contributed by atoms with E-state index in [2.05, 4.69) is 9.98 Å². The molecule has 0 saturated carbocycles. The minimum Gasteiger partial charge on any atom is -0.342 e. The highest BCUT2D eigenvalue weighted by molar-refractivity contribution is 6.22. The molecule has 22 heavy (non-hydrogen) atoms. The number of hydrogen-bond donors (Lipinski definition) is 2. The SMILES string of the molecule is C[C@H](N)Cc1[nH]c2c(c1F)C=NC(Cl)N2Cc1ccccc1. The first-order valence-electron chi connectivity index (χ1n) is 7.20. The molecule has 0 bridgehead atoms. The molecule has 6 heteroatoms. The van der Waals surface area contributed by atoms with Crippen LogP contribution in [0.1, 0.15) is 23.7 Å². The van der Waals surface area contributed by atoms with Gasteiger partial charge in [-0.05, 0) is 12.5 Å². The molecule has 2 aromatic rings. The number of fused-ring (bicyclic) bond motifs is 1. The molecule has 2 atom stereocenters. The summed E-state index contributed by atoms with van der Waals surface area (Å²) >= 11 is 6.29. The summed E-state index contributed by atoms with van der Waals surface area (Å²) in [6.45, 7) is 2.40. The Balaban J connectivity index is 1.95. The third-order valence-corrected chi connectivity index (χ3v) is 3.97. The van der Waals surface area contributed by atoms with E-state index >= 15 is 0 Å². The molecule has 0 amide bonds. The molecule has 1 aliphatic rings. The van der Waals surface area contributed by atoms with Gasteiger partial charge < -0.3 is 15.6 Å². The number of aromatic amines is 1. The van der Waals surface area contributed by atoms with Crippen LogP contribution >= 0.6 is 11.6 Å². The maximum Gasteiger partial charge on any atom is 0.199 e. The van der Waals surface area contributed by atoms with Crippen molar-refractivity contribution in [3.05, 3.63) is 53.0 Å². The fraction of sp³-hybridized carbons (Fsp3) is 0.312. The van der Waals surface area contributed by atoms with Gasteiger partial charge in [-0.1, -0.05) is 41.9 Å². The number of aliphatic imine (C=N–C) groups is 1. The van der Waals surface area contributed by atoms with Crippen LogP contribution in [0.25, 0.3) is 0 Å². The second-order valence-corrected chi connectivity index (χ2v) is 5.95. The average molecular weight is 321 g/mol. The molecular formula is C16H18ClFN4. The fourth-order valence-corrected chi connectivity index (χ4v) is 2.82. The molecule has 3 rings (SSSR count). The molecular weight excluding hydrogens is 303 g/mol. The van der Waals surface area contributed by atoms with Gasteiger partial charge in [0, 0.05) is 25.2 Å². The van der Waals surface area contributed by atoms with Crippen LogP contribution in [0.2, 0.25) is 0 Å². The molecule has 1 unspecified atom stereocenters. The Bertz CT molecular complexity index is 681. The number of rotatable bonds is 4. The number of halogens is 2. The summed E-state index contributed by atoms with van der Waals surface area (Å²) in [4.78, 5) is 9.15. The van der Waals surface area contributed by atoms with Gasteiger partial charge in [0.15, 0.2) is 11.4 Å². The van der Waals surface area contributed by atoms with E-state index in [9.17, 15) is 4.39 Å². The van der Waals surface area contributed by atoms with Crippen molar-refractivity contribution in [3.8, 4) is 0 Å². The number of anilines is 1. The molecule has 1 aromatic carbocycles. The molecule has 1 aromatic heterocycles. The lowest BCUT2D eigenvalue weighted by molar-refractivity contribution is 0.593. The Morgan fingerprint density at radius 2 is 2.14 bits per heavy atom. The van der Waals surface area contributed by atoms with Gasteiger partial charge in [0.1, 0.15) is 5.82 Å². The first kappa shape index (κ1) is 15.1. The summed E-state index contributed by atoms with van der Waals surface area (Å²) in [6, 6.07) is 9.76. The Kier molecular flexibility index (Phi) is 4.18. The number of nitrogens with two attached hydrogens (primary N) is 1. The Hall–Kier alpha value is -1.85. The number of nitrogens with zero attached hydrogens (tertiary/aromatic N) is 2. The molecule has 4 nitrogen and oxygen atoms in total. The van der Waals surface area contributed by atoms with Crippen LogP contribution in [-0.4, -0.2) is 22.9 Å². The van der Waals surface area contributed by atoms with Crippen LogP contribution < -0.4 is 10.6 Å². The zero-order chi connectivity index (χ0) is 15.7. The summed E-state index contributed by atoms with van der Waals surface area (Å²) in [5, 5.41) is 0. The van der Waals surface area contributed by atoms with E-state index in [0.717, 1.165) is 5.56 Å². The molecule has 0 aliphatic carbocycles. The van der Waals surface area contributed by atoms with Gasteiger partial charge in [-0.25, -0.2) is 4.39 Å². The van der Waals surface area contributed by atoms with Gasteiger partial charge >= 0.3 is 0 Å². The Labute approximate surface area is 133 Å². The van der Waals surface area contributed by atoms with Crippen LogP contribution in [0.5, 0.6) is 0 Å². The molecule has 116 valence electrons. The predicted octanol–water partition coefficient (Wildman–Crippen LogP) is 3.01. The number of hydrogen-bond acceptors (Lipinski definition) is 3. The summed E-state index contributed by atoms with van der Waals surface area (Å²) in [5.41, 5.74) is 7.24. The van der Waals surface area contributed by atoms with E-state index in [-0.39, 0.29) is 11.9 Å². The number of alkyl halides is 1. The highest BCUT2D eigenvalue weighted by atomic mass is 35.5. The molecule has 0 fully saturated rings. The average Bonchev–Trinajstić information content (AvgIpc) is 2.79. The quantitative estimate of drug-likeness (QED) is 0.672. The predicted molar refractivity (Wildman–Crippen MR) is 88.0 cm³/mol. The number of aromatic nitrogens is 1. The van der Waals surface area contributed by atoms with Gasteiger partial charge in [-0.2, -0.15) is 0 Å². The second-order valence-electron chi connectivity index (χ2n) is 5.56. The highest BCUT2D eigenvalue weighted by Crippen LogP contribution is 2.32. The summed E-state index contributed by atoms with van der Waals surface area (Å²) in [5.74, 6) is 0.365. The van der Waals surface area contributed by atoms with Crippen molar-refractivity contribution in [2.75, 3.05) is 4.90 Å². The van der Waals surface area contributed by atoms with Gasteiger partial charge in [0.05, 0.1) is 11.3 Å². The number of H-pyrrole nitrogens is 1. The normalized spacial score (nSPS) is 18.4. The van der Waals surface area contributed by atoms with Crippen molar-refractivity contribution in [3.63, 3.8) is 0 Å². The van der Waals surface area contributed by atoms with E-state index < -0.39 is 5.62 Å². The summed E-state index contributed by atoms with van der Waals surface area (Å²) in [6.07, 6.45) is 1.93. The van der Waals surface area contributed by atoms with Crippen LogP contribution in [-0.2, 0) is 13.0 Å². The van der Waals surface area contributed by atoms with Crippen molar-refractivity contribution >= 4 is 23.6 Å². The van der Waals surface area contributed by atoms with Gasteiger partial charge in [0.25, 0.3) is 0 Å². The summed E-state index contributed by atoms with van der Waals surface area (Å²) < 4.78 is 14.5. The largest absolute Gasteiger partial charge is 0.342 e. The number of benzene rings is 1. The molecule has 1 aliphatic heterocycles. The van der Waals surface area contributed by atoms with Gasteiger partial charge in [0.2, 0.25) is 0 Å².